The number of unbranched alkanes of at least 4 members (excludes halogenated alkanes) is 1. The van der Waals surface area contributed by atoms with E-state index in [-0.39, 0.29) is 55.9 Å². The van der Waals surface area contributed by atoms with Gasteiger partial charge >= 0.3 is 23.9 Å². The predicted octanol–water partition coefficient (Wildman–Crippen LogP) is 2.17. The highest BCUT2D eigenvalue weighted by atomic mass is 16.4. The smallest absolute Gasteiger partial charge is 0.326 e. The van der Waals surface area contributed by atoms with Crippen molar-refractivity contribution in [3.8, 4) is 0 Å². The van der Waals surface area contributed by atoms with E-state index >= 15 is 0 Å². The highest BCUT2D eigenvalue weighted by Crippen LogP contribution is 2.29. The summed E-state index contributed by atoms with van der Waals surface area (Å²) in [4.78, 5) is 84.1. The Morgan fingerprint density at radius 3 is 2.00 bits per heavy atom. The van der Waals surface area contributed by atoms with E-state index in [1.54, 1.807) is 0 Å². The molecule has 1 saturated carbocycles. The molecule has 1 fully saturated rings. The molecule has 272 valence electrons. The maximum atomic E-state index is 13.4. The third-order valence-corrected chi connectivity index (χ3v) is 8.82. The molecule has 0 saturated heterocycles. The number of fused-ring (bicyclic) bond motifs is 1. The fraction of sp³-hybridized carbons (Fsp3) is 0.514. The van der Waals surface area contributed by atoms with Gasteiger partial charge < -0.3 is 41.9 Å². The first-order valence-corrected chi connectivity index (χ1v) is 16.9. The Labute approximate surface area is 289 Å². The molecule has 3 rings (SSSR count). The molecule has 0 aliphatic heterocycles. The minimum absolute atomic E-state index is 0.0205. The first kappa shape index (κ1) is 39.2. The standard InChI is InChI=1S/C35H47N5O10/c1-21(41)37-20-22-9-13-25(14-10-22)31(44)38-29(19-23-11-12-24-6-2-3-7-26(24)18-23)32(45)36-17-5-4-8-27(33(46)47)39-35(50)40-28(34(48)49)15-16-30(42)43/h2-3,6-7,11-12,18,22,25,27-29H,4-5,8-10,13-17,19-20H2,1H3,(H,36,45)(H,37,41)(H,38,44)(H,42,43)(H,46,47)(H,48,49)(H2,39,40,50)/t22?,25?,27-,28-,29-/m0/s1. The second-order valence-corrected chi connectivity index (χ2v) is 12.7. The molecule has 50 heavy (non-hydrogen) atoms. The molecular formula is C35H47N5O10. The van der Waals surface area contributed by atoms with E-state index in [2.05, 4.69) is 26.6 Å². The van der Waals surface area contributed by atoms with Crippen LogP contribution in [0.2, 0.25) is 0 Å². The molecule has 0 unspecified atom stereocenters. The van der Waals surface area contributed by atoms with Gasteiger partial charge in [0.2, 0.25) is 17.7 Å². The highest BCUT2D eigenvalue weighted by Gasteiger charge is 2.30. The Hall–Kier alpha value is -5.21. The van der Waals surface area contributed by atoms with E-state index in [0.717, 1.165) is 29.2 Å². The average Bonchev–Trinajstić information content (AvgIpc) is 3.07. The molecule has 5 amide bonds. The van der Waals surface area contributed by atoms with Gasteiger partial charge in [0.05, 0.1) is 0 Å². The minimum Gasteiger partial charge on any atom is -0.481 e. The van der Waals surface area contributed by atoms with Gasteiger partial charge in [-0.05, 0) is 73.6 Å². The summed E-state index contributed by atoms with van der Waals surface area (Å²) in [5.74, 6) is -4.67. The number of hydrogen-bond donors (Lipinski definition) is 8. The van der Waals surface area contributed by atoms with Crippen molar-refractivity contribution in [2.24, 2.45) is 11.8 Å². The van der Waals surface area contributed by atoms with E-state index < -0.39 is 48.5 Å². The van der Waals surface area contributed by atoms with Gasteiger partial charge in [-0.1, -0.05) is 42.5 Å². The average molecular weight is 698 g/mol. The summed E-state index contributed by atoms with van der Waals surface area (Å²) in [6.45, 7) is 2.22. The molecule has 0 spiro atoms. The molecule has 1 aliphatic rings. The van der Waals surface area contributed by atoms with Crippen LogP contribution >= 0.6 is 0 Å². The first-order chi connectivity index (χ1) is 23.8. The number of urea groups is 1. The van der Waals surface area contributed by atoms with Crippen LogP contribution in [-0.4, -0.2) is 88.2 Å². The molecule has 15 heteroatoms. The summed E-state index contributed by atoms with van der Waals surface area (Å²) in [5.41, 5.74) is 0.866. The number of hydrogen-bond acceptors (Lipinski definition) is 7. The van der Waals surface area contributed by atoms with Gasteiger partial charge in [0, 0.05) is 38.8 Å². The number of carbonyl (C=O) groups excluding carboxylic acids is 4. The van der Waals surface area contributed by atoms with Crippen molar-refractivity contribution in [3.63, 3.8) is 0 Å². The monoisotopic (exact) mass is 697 g/mol. The predicted molar refractivity (Wildman–Crippen MR) is 182 cm³/mol. The molecule has 15 nitrogen and oxygen atoms in total. The Morgan fingerprint density at radius 1 is 0.740 bits per heavy atom. The molecule has 0 radical (unpaired) electrons. The number of carbonyl (C=O) groups is 7. The van der Waals surface area contributed by atoms with Crippen LogP contribution in [0.3, 0.4) is 0 Å². The lowest BCUT2D eigenvalue weighted by atomic mass is 9.81. The zero-order valence-electron chi connectivity index (χ0n) is 28.1. The third-order valence-electron chi connectivity index (χ3n) is 8.82. The number of carboxylic acid groups (broad SMARTS) is 3. The van der Waals surface area contributed by atoms with Gasteiger partial charge in [-0.3, -0.25) is 19.2 Å². The molecule has 0 heterocycles. The van der Waals surface area contributed by atoms with E-state index in [1.807, 2.05) is 42.5 Å². The van der Waals surface area contributed by atoms with Crippen molar-refractivity contribution >= 4 is 52.4 Å². The molecule has 2 aromatic rings. The zero-order valence-corrected chi connectivity index (χ0v) is 28.1. The Bertz CT molecular complexity index is 1520. The van der Waals surface area contributed by atoms with Gasteiger partial charge in [-0.2, -0.15) is 0 Å². The molecule has 0 aromatic heterocycles. The summed E-state index contributed by atoms with van der Waals surface area (Å²) in [6.07, 6.45) is 2.87. The number of aliphatic carboxylic acids is 3. The Balaban J connectivity index is 1.55. The Kier molecular flexibility index (Phi) is 15.5. The van der Waals surface area contributed by atoms with Crippen molar-refractivity contribution in [1.29, 1.82) is 0 Å². The molecule has 1 aliphatic carbocycles. The second kappa shape index (κ2) is 19.7. The fourth-order valence-electron chi connectivity index (χ4n) is 5.97. The number of nitrogens with one attached hydrogen (secondary N) is 5. The van der Waals surface area contributed by atoms with Crippen molar-refractivity contribution in [2.45, 2.75) is 89.3 Å². The van der Waals surface area contributed by atoms with Crippen molar-refractivity contribution in [1.82, 2.24) is 26.6 Å². The number of rotatable bonds is 19. The van der Waals surface area contributed by atoms with Crippen LogP contribution in [0.4, 0.5) is 4.79 Å². The summed E-state index contributed by atoms with van der Waals surface area (Å²) < 4.78 is 0. The maximum Gasteiger partial charge on any atom is 0.326 e. The molecular weight excluding hydrogens is 650 g/mol. The lowest BCUT2D eigenvalue weighted by Gasteiger charge is -2.29. The zero-order chi connectivity index (χ0) is 36.6. The van der Waals surface area contributed by atoms with Crippen LogP contribution in [0.1, 0.15) is 70.3 Å². The third kappa shape index (κ3) is 13.4. The quantitative estimate of drug-likeness (QED) is 0.0995. The van der Waals surface area contributed by atoms with E-state index in [9.17, 15) is 43.8 Å². The lowest BCUT2D eigenvalue weighted by Crippen LogP contribution is -2.51. The number of amides is 5. The summed E-state index contributed by atoms with van der Waals surface area (Å²) in [7, 11) is 0. The van der Waals surface area contributed by atoms with Crippen LogP contribution in [0.25, 0.3) is 10.8 Å². The van der Waals surface area contributed by atoms with Crippen LogP contribution in [0.15, 0.2) is 42.5 Å². The molecule has 2 aromatic carbocycles. The normalized spacial score (nSPS) is 17.4. The fourth-order valence-corrected chi connectivity index (χ4v) is 5.97. The summed E-state index contributed by atoms with van der Waals surface area (Å²) in [6, 6.07) is 8.90. The van der Waals surface area contributed by atoms with Crippen LogP contribution in [0.5, 0.6) is 0 Å². The van der Waals surface area contributed by atoms with Gasteiger partial charge in [0.1, 0.15) is 18.1 Å². The van der Waals surface area contributed by atoms with Gasteiger partial charge in [-0.25, -0.2) is 14.4 Å². The van der Waals surface area contributed by atoms with Gasteiger partial charge in [-0.15, -0.1) is 0 Å². The second-order valence-electron chi connectivity index (χ2n) is 12.7. The van der Waals surface area contributed by atoms with Crippen molar-refractivity contribution in [2.75, 3.05) is 13.1 Å². The van der Waals surface area contributed by atoms with Crippen molar-refractivity contribution in [3.05, 3.63) is 48.0 Å². The molecule has 3 atom stereocenters. The molecule has 0 bridgehead atoms. The topological polar surface area (TPSA) is 240 Å². The molecule has 8 N–H and O–H groups in total. The summed E-state index contributed by atoms with van der Waals surface area (Å²) in [5, 5.41) is 42.5. The summed E-state index contributed by atoms with van der Waals surface area (Å²) >= 11 is 0. The van der Waals surface area contributed by atoms with E-state index in [0.29, 0.717) is 31.7 Å². The SMILES string of the molecule is CC(=O)NCC1CCC(C(=O)N[C@@H](Cc2ccc3ccccc3c2)C(=O)NCCCC[C@H](NC(=O)N[C@@H](CCC(=O)O)C(=O)O)C(=O)O)CC1. The van der Waals surface area contributed by atoms with Crippen LogP contribution in [0, 0.1) is 11.8 Å². The van der Waals surface area contributed by atoms with E-state index in [1.165, 1.54) is 6.92 Å². The largest absolute Gasteiger partial charge is 0.481 e. The van der Waals surface area contributed by atoms with Crippen LogP contribution < -0.4 is 26.6 Å². The minimum atomic E-state index is -1.51. The first-order valence-electron chi connectivity index (χ1n) is 16.9. The maximum absolute atomic E-state index is 13.4. The Morgan fingerprint density at radius 2 is 1.38 bits per heavy atom. The van der Waals surface area contributed by atoms with E-state index in [4.69, 9.17) is 5.11 Å². The highest BCUT2D eigenvalue weighted by molar-refractivity contribution is 5.89. The lowest BCUT2D eigenvalue weighted by molar-refractivity contribution is -0.141. The van der Waals surface area contributed by atoms with Gasteiger partial charge in [0.25, 0.3) is 0 Å². The number of carboxylic acids is 3. The van der Waals surface area contributed by atoms with Gasteiger partial charge in [0.15, 0.2) is 0 Å². The van der Waals surface area contributed by atoms with Crippen molar-refractivity contribution < 1.29 is 48.9 Å². The van der Waals surface area contributed by atoms with Crippen LogP contribution in [-0.2, 0) is 35.2 Å². The number of benzene rings is 2.